The van der Waals surface area contributed by atoms with Crippen molar-refractivity contribution < 1.29 is 0 Å². The smallest absolute Gasteiger partial charge is 0.155 e. The number of rotatable bonds is 1. The normalized spacial score (nSPS) is 23.8. The third kappa shape index (κ3) is 1.58. The molecule has 4 nitrogen and oxygen atoms in total. The summed E-state index contributed by atoms with van der Waals surface area (Å²) in [7, 11) is 0. The van der Waals surface area contributed by atoms with Crippen molar-refractivity contribution in [2.24, 2.45) is 0 Å². The van der Waals surface area contributed by atoms with Gasteiger partial charge in [0.05, 0.1) is 6.20 Å². The fourth-order valence-corrected chi connectivity index (χ4v) is 1.52. The van der Waals surface area contributed by atoms with Crippen molar-refractivity contribution in [2.75, 3.05) is 13.1 Å². The second-order valence-electron chi connectivity index (χ2n) is 3.04. The molecule has 1 fully saturated rings. The van der Waals surface area contributed by atoms with Crippen molar-refractivity contribution in [1.29, 1.82) is 0 Å². The van der Waals surface area contributed by atoms with Crippen LogP contribution in [-0.4, -0.2) is 28.3 Å². The highest BCUT2D eigenvalue weighted by Crippen LogP contribution is 2.18. The second kappa shape index (κ2) is 3.58. The highest BCUT2D eigenvalue weighted by molar-refractivity contribution is 4.96. The molecule has 1 aliphatic rings. The lowest BCUT2D eigenvalue weighted by Crippen LogP contribution is -2.29. The van der Waals surface area contributed by atoms with E-state index in [0.717, 1.165) is 18.9 Å². The molecule has 1 aromatic rings. The SMILES string of the molecule is c1cnc(C2CCCNC2)nn1. The molecule has 0 bridgehead atoms. The summed E-state index contributed by atoms with van der Waals surface area (Å²) in [5, 5.41) is 11.1. The minimum absolute atomic E-state index is 0.465. The van der Waals surface area contributed by atoms with Crippen molar-refractivity contribution in [3.63, 3.8) is 0 Å². The van der Waals surface area contributed by atoms with Crippen LogP contribution >= 0.6 is 0 Å². The first-order valence-electron chi connectivity index (χ1n) is 4.31. The first kappa shape index (κ1) is 7.61. The Morgan fingerprint density at radius 3 is 3.08 bits per heavy atom. The van der Waals surface area contributed by atoms with E-state index in [-0.39, 0.29) is 0 Å². The van der Waals surface area contributed by atoms with Crippen molar-refractivity contribution in [2.45, 2.75) is 18.8 Å². The van der Waals surface area contributed by atoms with Gasteiger partial charge in [-0.1, -0.05) is 0 Å². The summed E-state index contributed by atoms with van der Waals surface area (Å²) < 4.78 is 0. The van der Waals surface area contributed by atoms with E-state index in [1.165, 1.54) is 12.8 Å². The van der Waals surface area contributed by atoms with Crippen LogP contribution in [0.5, 0.6) is 0 Å². The largest absolute Gasteiger partial charge is 0.316 e. The van der Waals surface area contributed by atoms with Crippen LogP contribution in [0.4, 0.5) is 0 Å². The Labute approximate surface area is 71.4 Å². The van der Waals surface area contributed by atoms with Crippen molar-refractivity contribution >= 4 is 0 Å². The number of aromatic nitrogens is 3. The summed E-state index contributed by atoms with van der Waals surface area (Å²) in [5.41, 5.74) is 0. The van der Waals surface area contributed by atoms with E-state index in [9.17, 15) is 0 Å². The maximum absolute atomic E-state index is 4.19. The Bertz CT molecular complexity index is 230. The van der Waals surface area contributed by atoms with Crippen LogP contribution in [0.3, 0.4) is 0 Å². The van der Waals surface area contributed by atoms with Crippen LogP contribution in [0.15, 0.2) is 12.4 Å². The van der Waals surface area contributed by atoms with Gasteiger partial charge in [0.25, 0.3) is 0 Å². The lowest BCUT2D eigenvalue weighted by atomic mass is 9.99. The Hall–Kier alpha value is -1.03. The zero-order valence-corrected chi connectivity index (χ0v) is 6.90. The van der Waals surface area contributed by atoms with E-state index >= 15 is 0 Å². The van der Waals surface area contributed by atoms with Gasteiger partial charge in [-0.05, 0) is 19.4 Å². The van der Waals surface area contributed by atoms with Crippen LogP contribution in [0.25, 0.3) is 0 Å². The van der Waals surface area contributed by atoms with Gasteiger partial charge < -0.3 is 5.32 Å². The molecule has 0 spiro atoms. The molecule has 1 saturated heterocycles. The number of nitrogens with one attached hydrogen (secondary N) is 1. The average Bonchev–Trinajstić information content (AvgIpc) is 2.21. The van der Waals surface area contributed by atoms with Gasteiger partial charge in [0.15, 0.2) is 5.82 Å². The van der Waals surface area contributed by atoms with Gasteiger partial charge in [0.2, 0.25) is 0 Å². The number of hydrogen-bond donors (Lipinski definition) is 1. The van der Waals surface area contributed by atoms with E-state index in [0.29, 0.717) is 5.92 Å². The molecule has 0 aliphatic carbocycles. The minimum atomic E-state index is 0.465. The van der Waals surface area contributed by atoms with Crippen LogP contribution in [0.2, 0.25) is 0 Å². The molecule has 64 valence electrons. The molecule has 1 N–H and O–H groups in total. The predicted molar refractivity (Wildman–Crippen MR) is 44.7 cm³/mol. The minimum Gasteiger partial charge on any atom is -0.316 e. The molecule has 0 radical (unpaired) electrons. The molecule has 1 aromatic heterocycles. The fourth-order valence-electron chi connectivity index (χ4n) is 1.52. The molecular formula is C8H12N4. The molecule has 1 unspecified atom stereocenters. The van der Waals surface area contributed by atoms with Crippen LogP contribution in [0.1, 0.15) is 24.6 Å². The summed E-state index contributed by atoms with van der Waals surface area (Å²) in [6.45, 7) is 2.11. The van der Waals surface area contributed by atoms with Gasteiger partial charge in [-0.15, -0.1) is 5.10 Å². The Morgan fingerprint density at radius 2 is 2.42 bits per heavy atom. The van der Waals surface area contributed by atoms with E-state index in [4.69, 9.17) is 0 Å². The Morgan fingerprint density at radius 1 is 1.42 bits per heavy atom. The lowest BCUT2D eigenvalue weighted by molar-refractivity contribution is 0.443. The van der Waals surface area contributed by atoms with Crippen LogP contribution < -0.4 is 5.32 Å². The Balaban J connectivity index is 2.08. The van der Waals surface area contributed by atoms with E-state index in [1.807, 2.05) is 0 Å². The monoisotopic (exact) mass is 164 g/mol. The quantitative estimate of drug-likeness (QED) is 0.650. The van der Waals surface area contributed by atoms with Gasteiger partial charge in [0, 0.05) is 18.7 Å². The van der Waals surface area contributed by atoms with Crippen molar-refractivity contribution in [3.05, 3.63) is 18.2 Å². The van der Waals surface area contributed by atoms with Crippen LogP contribution in [-0.2, 0) is 0 Å². The van der Waals surface area contributed by atoms with E-state index < -0.39 is 0 Å². The fraction of sp³-hybridized carbons (Fsp3) is 0.625. The van der Waals surface area contributed by atoms with Gasteiger partial charge in [-0.3, -0.25) is 0 Å². The molecule has 12 heavy (non-hydrogen) atoms. The molecule has 0 amide bonds. The third-order valence-electron chi connectivity index (χ3n) is 2.16. The standard InChI is InChI=1S/C8H12N4/c1-2-7(6-9-3-1)8-10-4-5-11-12-8/h4-5,7,9H,1-3,6H2. The van der Waals surface area contributed by atoms with Crippen molar-refractivity contribution in [1.82, 2.24) is 20.5 Å². The molecule has 4 heteroatoms. The lowest BCUT2D eigenvalue weighted by Gasteiger charge is -2.20. The maximum atomic E-state index is 4.19. The van der Waals surface area contributed by atoms with Gasteiger partial charge in [-0.2, -0.15) is 5.10 Å². The topological polar surface area (TPSA) is 50.7 Å². The summed E-state index contributed by atoms with van der Waals surface area (Å²) in [5.74, 6) is 1.34. The average molecular weight is 164 g/mol. The van der Waals surface area contributed by atoms with E-state index in [1.54, 1.807) is 12.4 Å². The highest BCUT2D eigenvalue weighted by atomic mass is 15.1. The molecule has 1 aliphatic heterocycles. The maximum Gasteiger partial charge on any atom is 0.155 e. The van der Waals surface area contributed by atoms with E-state index in [2.05, 4.69) is 20.5 Å². The first-order valence-corrected chi connectivity index (χ1v) is 4.31. The molecule has 0 aromatic carbocycles. The molecule has 0 saturated carbocycles. The number of nitrogens with zero attached hydrogens (tertiary/aromatic N) is 3. The number of hydrogen-bond acceptors (Lipinski definition) is 4. The predicted octanol–water partition coefficient (Wildman–Crippen LogP) is 0.339. The second-order valence-corrected chi connectivity index (χ2v) is 3.04. The van der Waals surface area contributed by atoms with Crippen molar-refractivity contribution in [3.8, 4) is 0 Å². The first-order chi connectivity index (χ1) is 5.97. The highest BCUT2D eigenvalue weighted by Gasteiger charge is 2.17. The summed E-state index contributed by atoms with van der Waals surface area (Å²) in [4.78, 5) is 4.19. The molecular weight excluding hydrogens is 152 g/mol. The summed E-state index contributed by atoms with van der Waals surface area (Å²) in [6.07, 6.45) is 5.71. The summed E-state index contributed by atoms with van der Waals surface area (Å²) in [6, 6.07) is 0. The zero-order valence-electron chi connectivity index (χ0n) is 6.90. The van der Waals surface area contributed by atoms with Crippen LogP contribution in [0, 0.1) is 0 Å². The zero-order chi connectivity index (χ0) is 8.23. The summed E-state index contributed by atoms with van der Waals surface area (Å²) >= 11 is 0. The van der Waals surface area contributed by atoms with Gasteiger partial charge >= 0.3 is 0 Å². The van der Waals surface area contributed by atoms with Gasteiger partial charge in [0.1, 0.15) is 0 Å². The van der Waals surface area contributed by atoms with Gasteiger partial charge in [-0.25, -0.2) is 4.98 Å². The number of piperidine rings is 1. The molecule has 2 rings (SSSR count). The molecule has 1 atom stereocenters. The third-order valence-corrected chi connectivity index (χ3v) is 2.16. The molecule has 2 heterocycles. The Kier molecular flexibility index (Phi) is 2.27.